The molecule has 1 N–H and O–H groups in total. The van der Waals surface area contributed by atoms with Crippen LogP contribution in [0, 0.1) is 0 Å². The van der Waals surface area contributed by atoms with E-state index in [0.29, 0.717) is 48.1 Å². The van der Waals surface area contributed by atoms with Gasteiger partial charge >= 0.3 is 12.4 Å². The van der Waals surface area contributed by atoms with Crippen molar-refractivity contribution < 1.29 is 40.2 Å². The van der Waals surface area contributed by atoms with E-state index in [9.17, 15) is 31.1 Å². The lowest BCUT2D eigenvalue weighted by atomic mass is 10.2. The molecule has 0 aliphatic carbocycles. The normalized spacial score (nSPS) is 14.3. The molecule has 11 nitrogen and oxygen atoms in total. The molecule has 1 aromatic carbocycles. The first-order chi connectivity index (χ1) is 21.3. The van der Waals surface area contributed by atoms with E-state index >= 15 is 0 Å². The van der Waals surface area contributed by atoms with E-state index in [0.717, 1.165) is 10.9 Å². The van der Waals surface area contributed by atoms with Crippen molar-refractivity contribution in [1.29, 1.82) is 0 Å². The summed E-state index contributed by atoms with van der Waals surface area (Å²) in [5.74, 6) is 1.38. The van der Waals surface area contributed by atoms with E-state index in [1.54, 1.807) is 36.1 Å². The van der Waals surface area contributed by atoms with Gasteiger partial charge in [0, 0.05) is 31.4 Å². The summed E-state index contributed by atoms with van der Waals surface area (Å²) in [5.41, 5.74) is -2.88. The molecule has 0 bridgehead atoms. The van der Waals surface area contributed by atoms with E-state index in [4.69, 9.17) is 13.9 Å². The molecule has 1 atom stereocenters. The second kappa shape index (κ2) is 12.7. The Morgan fingerprint density at radius 3 is 2.40 bits per heavy atom. The Morgan fingerprint density at radius 2 is 1.76 bits per heavy atom. The highest BCUT2D eigenvalue weighted by Crippen LogP contribution is 2.32. The Balaban J connectivity index is 1.18. The molecule has 4 heterocycles. The molecule has 240 valence electrons. The van der Waals surface area contributed by atoms with Gasteiger partial charge in [-0.25, -0.2) is 19.6 Å². The van der Waals surface area contributed by atoms with Gasteiger partial charge in [-0.05, 0) is 24.6 Å². The maximum absolute atomic E-state index is 14.0. The first kappa shape index (κ1) is 31.7. The van der Waals surface area contributed by atoms with Gasteiger partial charge in [0.2, 0.25) is 11.8 Å². The summed E-state index contributed by atoms with van der Waals surface area (Å²) in [4.78, 5) is 26.5. The van der Waals surface area contributed by atoms with Crippen LogP contribution in [0.5, 0.6) is 5.75 Å². The third-order valence-corrected chi connectivity index (χ3v) is 6.84. The summed E-state index contributed by atoms with van der Waals surface area (Å²) in [6.07, 6.45) is -6.67. The number of nitrogens with zero attached hydrogens (tertiary/aromatic N) is 6. The van der Waals surface area contributed by atoms with E-state index < -0.39 is 40.8 Å². The number of aromatic nitrogens is 5. The van der Waals surface area contributed by atoms with Crippen molar-refractivity contribution in [3.05, 3.63) is 87.2 Å². The number of fused-ring (bicyclic) bond motifs is 1. The van der Waals surface area contributed by atoms with Crippen molar-refractivity contribution in [2.45, 2.75) is 51.4 Å². The number of ether oxygens (including phenoxy) is 2. The standard InChI is InChI=1S/C28H27F6N7O4/c1-16(38-21-11-37-41(25(42)24(21)28(32,33)34)12-17-3-5-19(43-2)6-4-17)14-44-15-23-39-20-7-8-40(13-22(20)45-23)26-35-9-18(10-36-26)27(29,30)31/h3-6,9-11,16,38H,7-8,12-15H2,1-2H3. The van der Waals surface area contributed by atoms with Crippen LogP contribution >= 0.6 is 0 Å². The zero-order valence-electron chi connectivity index (χ0n) is 23.9. The van der Waals surface area contributed by atoms with Gasteiger partial charge in [0.25, 0.3) is 5.56 Å². The molecule has 45 heavy (non-hydrogen) atoms. The summed E-state index contributed by atoms with van der Waals surface area (Å²) in [6.45, 7) is 1.84. The molecule has 1 aliphatic rings. The molecule has 4 aromatic rings. The highest BCUT2D eigenvalue weighted by atomic mass is 19.4. The van der Waals surface area contributed by atoms with Gasteiger partial charge in [0.15, 0.2) is 0 Å². The second-order valence-electron chi connectivity index (χ2n) is 10.2. The molecule has 0 radical (unpaired) electrons. The highest BCUT2D eigenvalue weighted by Gasteiger charge is 2.38. The number of nitrogens with one attached hydrogen (secondary N) is 1. The smallest absolute Gasteiger partial charge is 0.423 e. The number of alkyl halides is 6. The van der Waals surface area contributed by atoms with Crippen LogP contribution in [0.3, 0.4) is 0 Å². The molecule has 3 aromatic heterocycles. The summed E-state index contributed by atoms with van der Waals surface area (Å²) in [5, 5.41) is 6.59. The molecule has 0 saturated heterocycles. The predicted octanol–water partition coefficient (Wildman–Crippen LogP) is 4.70. The maximum atomic E-state index is 14.0. The fourth-order valence-electron chi connectivity index (χ4n) is 4.63. The molecule has 17 heteroatoms. The lowest BCUT2D eigenvalue weighted by molar-refractivity contribution is -0.139. The Labute approximate surface area is 251 Å². The van der Waals surface area contributed by atoms with E-state index in [2.05, 4.69) is 25.4 Å². The van der Waals surface area contributed by atoms with Crippen LogP contribution in [-0.4, -0.2) is 51.0 Å². The summed E-state index contributed by atoms with van der Waals surface area (Å²) >= 11 is 0. The van der Waals surface area contributed by atoms with E-state index in [-0.39, 0.29) is 38.1 Å². The predicted molar refractivity (Wildman–Crippen MR) is 147 cm³/mol. The molecular weight excluding hydrogens is 612 g/mol. The van der Waals surface area contributed by atoms with Gasteiger partial charge in [0.1, 0.15) is 23.7 Å². The van der Waals surface area contributed by atoms with Crippen LogP contribution in [0.15, 0.2) is 52.1 Å². The monoisotopic (exact) mass is 639 g/mol. The third kappa shape index (κ3) is 7.53. The number of rotatable bonds is 10. The zero-order chi connectivity index (χ0) is 32.4. The molecule has 0 fully saturated rings. The van der Waals surface area contributed by atoms with Gasteiger partial charge in [-0.3, -0.25) is 4.79 Å². The number of hydrogen-bond acceptors (Lipinski definition) is 10. The summed E-state index contributed by atoms with van der Waals surface area (Å²) in [7, 11) is 1.48. The van der Waals surface area contributed by atoms with Gasteiger partial charge in [-0.1, -0.05) is 12.1 Å². The Hall–Kier alpha value is -4.67. The first-order valence-corrected chi connectivity index (χ1v) is 13.6. The number of hydrogen-bond donors (Lipinski definition) is 1. The molecule has 0 saturated carbocycles. The maximum Gasteiger partial charge on any atom is 0.423 e. The number of halogens is 6. The van der Waals surface area contributed by atoms with Crippen molar-refractivity contribution in [1.82, 2.24) is 24.7 Å². The van der Waals surface area contributed by atoms with Gasteiger partial charge < -0.3 is 24.1 Å². The summed E-state index contributed by atoms with van der Waals surface area (Å²) < 4.78 is 97.5. The van der Waals surface area contributed by atoms with Gasteiger partial charge in [-0.15, -0.1) is 0 Å². The molecule has 0 amide bonds. The number of anilines is 2. The average molecular weight is 640 g/mol. The number of benzene rings is 1. The minimum absolute atomic E-state index is 0.0647. The molecule has 1 unspecified atom stereocenters. The van der Waals surface area contributed by atoms with Crippen LogP contribution in [-0.2, 0) is 43.2 Å². The molecule has 5 rings (SSSR count). The van der Waals surface area contributed by atoms with Gasteiger partial charge in [-0.2, -0.15) is 31.4 Å². The van der Waals surface area contributed by atoms with Crippen molar-refractivity contribution in [2.75, 3.05) is 30.5 Å². The summed E-state index contributed by atoms with van der Waals surface area (Å²) in [6, 6.07) is 5.84. The highest BCUT2D eigenvalue weighted by molar-refractivity contribution is 5.50. The Morgan fingerprint density at radius 1 is 1.04 bits per heavy atom. The minimum atomic E-state index is -4.94. The molecule has 0 spiro atoms. The van der Waals surface area contributed by atoms with Crippen LogP contribution in [0.1, 0.15) is 41.0 Å². The largest absolute Gasteiger partial charge is 0.497 e. The van der Waals surface area contributed by atoms with Crippen LogP contribution in [0.2, 0.25) is 0 Å². The fourth-order valence-corrected chi connectivity index (χ4v) is 4.63. The zero-order valence-corrected chi connectivity index (χ0v) is 23.9. The Kier molecular flexibility index (Phi) is 8.99. The fraction of sp³-hybridized carbons (Fsp3) is 0.393. The lowest BCUT2D eigenvalue weighted by Gasteiger charge is -2.25. The molecule has 1 aliphatic heterocycles. The van der Waals surface area contributed by atoms with Crippen molar-refractivity contribution in [3.63, 3.8) is 0 Å². The van der Waals surface area contributed by atoms with Crippen molar-refractivity contribution in [3.8, 4) is 5.75 Å². The van der Waals surface area contributed by atoms with Crippen molar-refractivity contribution >= 4 is 11.6 Å². The van der Waals surface area contributed by atoms with E-state index in [1.807, 2.05) is 0 Å². The van der Waals surface area contributed by atoms with Crippen molar-refractivity contribution in [2.24, 2.45) is 0 Å². The molecular formula is C28H27F6N7O4. The van der Waals surface area contributed by atoms with Crippen LogP contribution in [0.25, 0.3) is 0 Å². The average Bonchev–Trinajstić information content (AvgIpc) is 3.40. The first-order valence-electron chi connectivity index (χ1n) is 13.6. The van der Waals surface area contributed by atoms with Gasteiger partial charge in [0.05, 0.1) is 49.9 Å². The SMILES string of the molecule is COc1ccc(Cn2ncc(NC(C)COCc3nc4c(o3)CN(c3ncc(C(F)(F)F)cn3)CC4)c(C(F)(F)F)c2=O)cc1. The third-order valence-electron chi connectivity index (χ3n) is 6.84. The minimum Gasteiger partial charge on any atom is -0.497 e. The number of oxazole rings is 1. The quantitative estimate of drug-likeness (QED) is 0.245. The topological polar surface area (TPSA) is 120 Å². The Bertz CT molecular complexity index is 1670. The van der Waals surface area contributed by atoms with Crippen LogP contribution in [0.4, 0.5) is 38.0 Å². The lowest BCUT2D eigenvalue weighted by Crippen LogP contribution is -2.34. The second-order valence-corrected chi connectivity index (χ2v) is 10.2. The van der Waals surface area contributed by atoms with Crippen LogP contribution < -0.4 is 20.5 Å². The van der Waals surface area contributed by atoms with E-state index in [1.165, 1.54) is 7.11 Å². The number of methoxy groups -OCH3 is 1.